The molecule has 0 spiro atoms. The standard InChI is InChI=1S/C14H10ClFN2O3/c1-21-14(20)8-2-3-11(16)12(6-8)18-13(19)9-7-17-5-4-10(9)15/h2-7H,1H3,(H,18,19). The number of ether oxygens (including phenoxy) is 1. The second-order valence-corrected chi connectivity index (χ2v) is 4.40. The minimum Gasteiger partial charge on any atom is -0.465 e. The summed E-state index contributed by atoms with van der Waals surface area (Å²) >= 11 is 5.86. The third kappa shape index (κ3) is 3.35. The summed E-state index contributed by atoms with van der Waals surface area (Å²) in [4.78, 5) is 27.2. The monoisotopic (exact) mass is 308 g/mol. The Hall–Kier alpha value is -2.47. The van der Waals surface area contributed by atoms with Gasteiger partial charge >= 0.3 is 5.97 Å². The van der Waals surface area contributed by atoms with Crippen LogP contribution in [0.2, 0.25) is 5.02 Å². The quantitative estimate of drug-likeness (QED) is 0.885. The summed E-state index contributed by atoms with van der Waals surface area (Å²) in [6.45, 7) is 0. The molecule has 21 heavy (non-hydrogen) atoms. The number of carbonyl (C=O) groups is 2. The lowest BCUT2D eigenvalue weighted by atomic mass is 10.2. The van der Waals surface area contributed by atoms with E-state index in [9.17, 15) is 14.0 Å². The average Bonchev–Trinajstić information content (AvgIpc) is 2.49. The maximum absolute atomic E-state index is 13.7. The Balaban J connectivity index is 2.29. The Morgan fingerprint density at radius 1 is 1.33 bits per heavy atom. The fourth-order valence-corrected chi connectivity index (χ4v) is 1.79. The zero-order chi connectivity index (χ0) is 15.4. The molecule has 0 saturated heterocycles. The molecule has 7 heteroatoms. The number of benzene rings is 1. The zero-order valence-corrected chi connectivity index (χ0v) is 11.6. The van der Waals surface area contributed by atoms with Crippen LogP contribution in [0.25, 0.3) is 0 Å². The molecule has 0 bridgehead atoms. The van der Waals surface area contributed by atoms with Gasteiger partial charge in [-0.1, -0.05) is 11.6 Å². The van der Waals surface area contributed by atoms with Crippen LogP contribution in [0.5, 0.6) is 0 Å². The van der Waals surface area contributed by atoms with E-state index in [0.29, 0.717) is 0 Å². The molecule has 2 aromatic rings. The van der Waals surface area contributed by atoms with E-state index in [1.807, 2.05) is 0 Å². The number of aromatic nitrogens is 1. The van der Waals surface area contributed by atoms with Gasteiger partial charge in [0.25, 0.3) is 5.91 Å². The normalized spacial score (nSPS) is 10.0. The van der Waals surface area contributed by atoms with Crippen LogP contribution in [0, 0.1) is 5.82 Å². The highest BCUT2D eigenvalue weighted by Gasteiger charge is 2.15. The van der Waals surface area contributed by atoms with Gasteiger partial charge < -0.3 is 10.1 Å². The first-order chi connectivity index (χ1) is 10.0. The van der Waals surface area contributed by atoms with Gasteiger partial charge in [-0.15, -0.1) is 0 Å². The maximum atomic E-state index is 13.7. The largest absolute Gasteiger partial charge is 0.465 e. The van der Waals surface area contributed by atoms with Crippen molar-refractivity contribution in [3.05, 3.63) is 58.6 Å². The SMILES string of the molecule is COC(=O)c1ccc(F)c(NC(=O)c2cnccc2Cl)c1. The van der Waals surface area contributed by atoms with Crippen molar-refractivity contribution < 1.29 is 18.7 Å². The van der Waals surface area contributed by atoms with Crippen molar-refractivity contribution in [2.45, 2.75) is 0 Å². The van der Waals surface area contributed by atoms with Crippen molar-refractivity contribution in [2.24, 2.45) is 0 Å². The third-order valence-electron chi connectivity index (χ3n) is 2.65. The molecule has 108 valence electrons. The molecule has 1 amide bonds. The Kier molecular flexibility index (Phi) is 4.49. The number of amides is 1. The number of hydrogen-bond donors (Lipinski definition) is 1. The fraction of sp³-hybridized carbons (Fsp3) is 0.0714. The minimum absolute atomic E-state index is 0.0991. The number of nitrogens with zero attached hydrogens (tertiary/aromatic N) is 1. The lowest BCUT2D eigenvalue weighted by Gasteiger charge is -2.08. The van der Waals surface area contributed by atoms with E-state index in [0.717, 1.165) is 6.07 Å². The molecule has 1 N–H and O–H groups in total. The van der Waals surface area contributed by atoms with Gasteiger partial charge in [-0.3, -0.25) is 9.78 Å². The lowest BCUT2D eigenvalue weighted by molar-refractivity contribution is 0.0600. The smallest absolute Gasteiger partial charge is 0.337 e. The number of anilines is 1. The number of esters is 1. The van der Waals surface area contributed by atoms with E-state index < -0.39 is 17.7 Å². The Morgan fingerprint density at radius 2 is 2.10 bits per heavy atom. The Morgan fingerprint density at radius 3 is 2.76 bits per heavy atom. The number of halogens is 2. The van der Waals surface area contributed by atoms with Gasteiger partial charge in [0.15, 0.2) is 0 Å². The second-order valence-electron chi connectivity index (χ2n) is 4.00. The first-order valence-corrected chi connectivity index (χ1v) is 6.19. The highest BCUT2D eigenvalue weighted by atomic mass is 35.5. The number of pyridine rings is 1. The van der Waals surface area contributed by atoms with Gasteiger partial charge in [0.1, 0.15) is 5.82 Å². The second kappa shape index (κ2) is 6.32. The maximum Gasteiger partial charge on any atom is 0.337 e. The van der Waals surface area contributed by atoms with E-state index in [4.69, 9.17) is 11.6 Å². The third-order valence-corrected chi connectivity index (χ3v) is 2.98. The van der Waals surface area contributed by atoms with Gasteiger partial charge in [0.2, 0.25) is 0 Å². The van der Waals surface area contributed by atoms with E-state index in [-0.39, 0.29) is 21.8 Å². The number of methoxy groups -OCH3 is 1. The summed E-state index contributed by atoms with van der Waals surface area (Å²) in [6, 6.07) is 4.95. The molecule has 0 aliphatic rings. The van der Waals surface area contributed by atoms with Crippen LogP contribution in [-0.2, 0) is 4.74 Å². The summed E-state index contributed by atoms with van der Waals surface area (Å²) in [5.41, 5.74) is 0.0661. The van der Waals surface area contributed by atoms with Crippen LogP contribution < -0.4 is 5.32 Å². The summed E-state index contributed by atoms with van der Waals surface area (Å²) in [6.07, 6.45) is 2.69. The Bertz CT molecular complexity index is 706. The van der Waals surface area contributed by atoms with Crippen LogP contribution in [0.3, 0.4) is 0 Å². The number of rotatable bonds is 3. The van der Waals surface area contributed by atoms with Gasteiger partial charge in [-0.25, -0.2) is 9.18 Å². The molecule has 0 aliphatic heterocycles. The lowest BCUT2D eigenvalue weighted by Crippen LogP contribution is -2.14. The van der Waals surface area contributed by atoms with Crippen LogP contribution >= 0.6 is 11.6 Å². The van der Waals surface area contributed by atoms with Crippen molar-refractivity contribution in [2.75, 3.05) is 12.4 Å². The molecular formula is C14H10ClFN2O3. The summed E-state index contributed by atoms with van der Waals surface area (Å²) in [5.74, 6) is -1.95. The predicted octanol–water partition coefficient (Wildman–Crippen LogP) is 2.91. The molecular weight excluding hydrogens is 299 g/mol. The van der Waals surface area contributed by atoms with Gasteiger partial charge in [-0.2, -0.15) is 0 Å². The predicted molar refractivity (Wildman–Crippen MR) is 74.9 cm³/mol. The first kappa shape index (κ1) is 14.9. The molecule has 2 rings (SSSR count). The van der Waals surface area contributed by atoms with Crippen molar-refractivity contribution >= 4 is 29.2 Å². The zero-order valence-electron chi connectivity index (χ0n) is 10.9. The van der Waals surface area contributed by atoms with Crippen LogP contribution in [-0.4, -0.2) is 24.0 Å². The van der Waals surface area contributed by atoms with Crippen molar-refractivity contribution in [1.82, 2.24) is 4.98 Å². The molecule has 0 aliphatic carbocycles. The minimum atomic E-state index is -0.684. The van der Waals surface area contributed by atoms with Crippen molar-refractivity contribution in [3.63, 3.8) is 0 Å². The van der Waals surface area contributed by atoms with Crippen LogP contribution in [0.15, 0.2) is 36.7 Å². The van der Waals surface area contributed by atoms with E-state index >= 15 is 0 Å². The van der Waals surface area contributed by atoms with E-state index in [1.54, 1.807) is 0 Å². The van der Waals surface area contributed by atoms with Crippen molar-refractivity contribution in [3.8, 4) is 0 Å². The molecule has 0 atom stereocenters. The van der Waals surface area contributed by atoms with Gasteiger partial charge in [0, 0.05) is 12.4 Å². The molecule has 5 nitrogen and oxygen atoms in total. The first-order valence-electron chi connectivity index (χ1n) is 5.81. The summed E-state index contributed by atoms with van der Waals surface area (Å²) < 4.78 is 18.2. The molecule has 0 unspecified atom stereocenters. The molecule has 0 radical (unpaired) electrons. The summed E-state index contributed by atoms with van der Waals surface area (Å²) in [7, 11) is 1.21. The molecule has 1 aromatic heterocycles. The fourth-order valence-electron chi connectivity index (χ4n) is 1.60. The van der Waals surface area contributed by atoms with Crippen molar-refractivity contribution in [1.29, 1.82) is 0 Å². The van der Waals surface area contributed by atoms with E-state index in [1.165, 1.54) is 37.7 Å². The number of nitrogens with one attached hydrogen (secondary N) is 1. The summed E-state index contributed by atoms with van der Waals surface area (Å²) in [5, 5.41) is 2.53. The van der Waals surface area contributed by atoms with Gasteiger partial charge in [-0.05, 0) is 24.3 Å². The average molecular weight is 309 g/mol. The molecule has 1 aromatic carbocycles. The Labute approximate surface area is 124 Å². The topological polar surface area (TPSA) is 68.3 Å². The molecule has 1 heterocycles. The number of carbonyl (C=O) groups excluding carboxylic acids is 2. The van der Waals surface area contributed by atoms with Crippen LogP contribution in [0.4, 0.5) is 10.1 Å². The van der Waals surface area contributed by atoms with Gasteiger partial charge in [0.05, 0.1) is 28.9 Å². The molecule has 0 saturated carbocycles. The van der Waals surface area contributed by atoms with Crippen LogP contribution in [0.1, 0.15) is 20.7 Å². The highest BCUT2D eigenvalue weighted by molar-refractivity contribution is 6.34. The molecule has 0 fully saturated rings. The highest BCUT2D eigenvalue weighted by Crippen LogP contribution is 2.20. The van der Waals surface area contributed by atoms with E-state index in [2.05, 4.69) is 15.0 Å². The number of hydrogen-bond acceptors (Lipinski definition) is 4.